The Hall–Kier alpha value is -0.0400. The Morgan fingerprint density at radius 2 is 1.54 bits per heavy atom. The highest BCUT2D eigenvalue weighted by Gasteiger charge is 2.39. The van der Waals surface area contributed by atoms with Crippen LogP contribution in [0.15, 0.2) is 0 Å². The van der Waals surface area contributed by atoms with Crippen molar-refractivity contribution >= 4 is 0 Å². The lowest BCUT2D eigenvalue weighted by molar-refractivity contribution is 0.191. The average molecular weight is 181 g/mol. The van der Waals surface area contributed by atoms with Crippen LogP contribution in [0.5, 0.6) is 0 Å². The minimum atomic E-state index is 0.695. The largest absolute Gasteiger partial charge is 0.314 e. The van der Waals surface area contributed by atoms with Gasteiger partial charge in [-0.15, -0.1) is 0 Å². The molecule has 76 valence electrons. The molecule has 0 aromatic heterocycles. The maximum Gasteiger partial charge on any atom is 0.00956 e. The van der Waals surface area contributed by atoms with Gasteiger partial charge >= 0.3 is 0 Å². The fourth-order valence-corrected chi connectivity index (χ4v) is 3.26. The predicted octanol–water partition coefficient (Wildman–Crippen LogP) is 3.10. The van der Waals surface area contributed by atoms with E-state index in [0.29, 0.717) is 5.41 Å². The van der Waals surface area contributed by atoms with Gasteiger partial charge in [0, 0.05) is 6.04 Å². The lowest BCUT2D eigenvalue weighted by Crippen LogP contribution is -2.34. The highest BCUT2D eigenvalue weighted by atomic mass is 15.0. The molecule has 1 unspecified atom stereocenters. The molecule has 0 bridgehead atoms. The standard InChI is InChI=1S/C12H23N/c1-11-12(9-10-13-11)7-5-3-2-4-6-8-12/h11,13H,2-10H2,1H3. The van der Waals surface area contributed by atoms with Crippen molar-refractivity contribution < 1.29 is 0 Å². The predicted molar refractivity (Wildman–Crippen MR) is 56.8 cm³/mol. The van der Waals surface area contributed by atoms with Crippen molar-refractivity contribution in [3.05, 3.63) is 0 Å². The molecule has 1 nitrogen and oxygen atoms in total. The van der Waals surface area contributed by atoms with Crippen LogP contribution in [0.4, 0.5) is 0 Å². The number of rotatable bonds is 0. The Morgan fingerprint density at radius 3 is 2.08 bits per heavy atom. The van der Waals surface area contributed by atoms with E-state index in [1.807, 2.05) is 0 Å². The third-order valence-electron chi connectivity index (χ3n) is 4.34. The van der Waals surface area contributed by atoms with E-state index in [1.54, 1.807) is 0 Å². The van der Waals surface area contributed by atoms with E-state index < -0.39 is 0 Å². The van der Waals surface area contributed by atoms with Gasteiger partial charge in [-0.1, -0.05) is 32.1 Å². The van der Waals surface area contributed by atoms with Gasteiger partial charge in [0.2, 0.25) is 0 Å². The van der Waals surface area contributed by atoms with Crippen LogP contribution in [-0.2, 0) is 0 Å². The summed E-state index contributed by atoms with van der Waals surface area (Å²) in [5, 5.41) is 3.63. The monoisotopic (exact) mass is 181 g/mol. The van der Waals surface area contributed by atoms with Gasteiger partial charge in [-0.25, -0.2) is 0 Å². The summed E-state index contributed by atoms with van der Waals surface area (Å²) in [6.07, 6.45) is 11.8. The maximum atomic E-state index is 3.63. The summed E-state index contributed by atoms with van der Waals surface area (Å²) < 4.78 is 0. The van der Waals surface area contributed by atoms with E-state index in [4.69, 9.17) is 0 Å². The van der Waals surface area contributed by atoms with Crippen molar-refractivity contribution in [2.24, 2.45) is 5.41 Å². The Kier molecular flexibility index (Phi) is 2.92. The summed E-state index contributed by atoms with van der Waals surface area (Å²) in [6.45, 7) is 3.66. The second kappa shape index (κ2) is 4.00. The second-order valence-corrected chi connectivity index (χ2v) is 5.06. The zero-order valence-electron chi connectivity index (χ0n) is 8.94. The normalized spacial score (nSPS) is 34.4. The quantitative estimate of drug-likeness (QED) is 0.605. The van der Waals surface area contributed by atoms with Gasteiger partial charge in [-0.2, -0.15) is 0 Å². The van der Waals surface area contributed by atoms with Gasteiger partial charge in [0.15, 0.2) is 0 Å². The molecule has 1 aliphatic carbocycles. The first-order valence-corrected chi connectivity index (χ1v) is 6.07. The average Bonchev–Trinajstić information content (AvgIpc) is 2.42. The van der Waals surface area contributed by atoms with Crippen molar-refractivity contribution in [2.45, 2.75) is 64.3 Å². The molecule has 1 N–H and O–H groups in total. The van der Waals surface area contributed by atoms with Gasteiger partial charge in [0.1, 0.15) is 0 Å². The summed E-state index contributed by atoms with van der Waals surface area (Å²) in [6, 6.07) is 0.783. The summed E-state index contributed by atoms with van der Waals surface area (Å²) in [5.41, 5.74) is 0.695. The molecule has 1 heterocycles. The smallest absolute Gasteiger partial charge is 0.00956 e. The van der Waals surface area contributed by atoms with Gasteiger partial charge in [0.25, 0.3) is 0 Å². The zero-order chi connectivity index (χ0) is 9.15. The van der Waals surface area contributed by atoms with Crippen LogP contribution in [0.1, 0.15) is 58.3 Å². The van der Waals surface area contributed by atoms with Crippen LogP contribution in [0.25, 0.3) is 0 Å². The molecule has 1 saturated carbocycles. The van der Waals surface area contributed by atoms with Crippen LogP contribution < -0.4 is 5.32 Å². The highest BCUT2D eigenvalue weighted by Crippen LogP contribution is 2.42. The number of hydrogen-bond donors (Lipinski definition) is 1. The lowest BCUT2D eigenvalue weighted by Gasteiger charge is -2.35. The molecular formula is C12H23N. The maximum absolute atomic E-state index is 3.63. The molecule has 1 heteroatoms. The minimum Gasteiger partial charge on any atom is -0.314 e. The Bertz CT molecular complexity index is 157. The summed E-state index contributed by atoms with van der Waals surface area (Å²) in [4.78, 5) is 0. The molecule has 2 aliphatic rings. The van der Waals surface area contributed by atoms with E-state index in [9.17, 15) is 0 Å². The molecule has 2 rings (SSSR count). The number of nitrogens with one attached hydrogen (secondary N) is 1. The molecule has 2 fully saturated rings. The number of hydrogen-bond acceptors (Lipinski definition) is 1. The third kappa shape index (κ3) is 1.90. The Balaban J connectivity index is 2.00. The summed E-state index contributed by atoms with van der Waals surface area (Å²) >= 11 is 0. The van der Waals surface area contributed by atoms with Crippen molar-refractivity contribution in [3.63, 3.8) is 0 Å². The third-order valence-corrected chi connectivity index (χ3v) is 4.34. The lowest BCUT2D eigenvalue weighted by atomic mass is 9.71. The molecule has 0 aromatic carbocycles. The molecule has 1 saturated heterocycles. The summed E-state index contributed by atoms with van der Waals surface area (Å²) in [7, 11) is 0. The molecule has 0 amide bonds. The molecule has 1 aliphatic heterocycles. The van der Waals surface area contributed by atoms with E-state index in [1.165, 1.54) is 57.9 Å². The van der Waals surface area contributed by atoms with Gasteiger partial charge in [-0.05, 0) is 38.1 Å². The van der Waals surface area contributed by atoms with E-state index in [2.05, 4.69) is 12.2 Å². The minimum absolute atomic E-state index is 0.695. The molecule has 13 heavy (non-hydrogen) atoms. The molecule has 1 atom stereocenters. The van der Waals surface area contributed by atoms with Crippen molar-refractivity contribution in [2.75, 3.05) is 6.54 Å². The fourth-order valence-electron chi connectivity index (χ4n) is 3.26. The van der Waals surface area contributed by atoms with E-state index in [-0.39, 0.29) is 0 Å². The van der Waals surface area contributed by atoms with E-state index >= 15 is 0 Å². The van der Waals surface area contributed by atoms with Crippen molar-refractivity contribution in [1.29, 1.82) is 0 Å². The fraction of sp³-hybridized carbons (Fsp3) is 1.00. The van der Waals surface area contributed by atoms with Crippen LogP contribution >= 0.6 is 0 Å². The van der Waals surface area contributed by atoms with Crippen molar-refractivity contribution in [3.8, 4) is 0 Å². The van der Waals surface area contributed by atoms with E-state index in [0.717, 1.165) is 6.04 Å². The molecular weight excluding hydrogens is 158 g/mol. The van der Waals surface area contributed by atoms with Gasteiger partial charge in [0.05, 0.1) is 0 Å². The zero-order valence-corrected chi connectivity index (χ0v) is 8.94. The molecule has 1 spiro atoms. The first kappa shape index (κ1) is 9.51. The Labute approximate surface area is 82.3 Å². The van der Waals surface area contributed by atoms with Gasteiger partial charge in [-0.3, -0.25) is 0 Å². The summed E-state index contributed by atoms with van der Waals surface area (Å²) in [5.74, 6) is 0. The molecule has 0 aromatic rings. The van der Waals surface area contributed by atoms with Crippen molar-refractivity contribution in [1.82, 2.24) is 5.32 Å². The highest BCUT2D eigenvalue weighted by molar-refractivity contribution is 4.94. The second-order valence-electron chi connectivity index (χ2n) is 5.06. The van der Waals surface area contributed by atoms with Crippen LogP contribution in [0.3, 0.4) is 0 Å². The first-order valence-electron chi connectivity index (χ1n) is 6.07. The van der Waals surface area contributed by atoms with Crippen LogP contribution in [0.2, 0.25) is 0 Å². The first-order chi connectivity index (χ1) is 6.33. The van der Waals surface area contributed by atoms with Crippen LogP contribution in [-0.4, -0.2) is 12.6 Å². The van der Waals surface area contributed by atoms with Gasteiger partial charge < -0.3 is 5.32 Å². The SMILES string of the molecule is CC1NCCC12CCCCCCC2. The van der Waals surface area contributed by atoms with Crippen LogP contribution in [0, 0.1) is 5.41 Å². The topological polar surface area (TPSA) is 12.0 Å². The Morgan fingerprint density at radius 1 is 0.923 bits per heavy atom. The molecule has 0 radical (unpaired) electrons.